The summed E-state index contributed by atoms with van der Waals surface area (Å²) in [7, 11) is 0. The van der Waals surface area contributed by atoms with Crippen molar-refractivity contribution in [2.45, 2.75) is 6.92 Å². The first kappa shape index (κ1) is 13.3. The van der Waals surface area contributed by atoms with Gasteiger partial charge in [0.25, 0.3) is 0 Å². The fraction of sp³-hybridized carbons (Fsp3) is 0.0667. The molecule has 0 aliphatic carbocycles. The molecule has 3 rings (SSSR count). The Bertz CT molecular complexity index is 785. The Morgan fingerprint density at radius 3 is 2.85 bits per heavy atom. The molecular weight excluding hydrogens is 304 g/mol. The molecule has 0 saturated carbocycles. The molecule has 0 aliphatic rings. The molecule has 0 unspecified atom stereocenters. The average Bonchev–Trinajstić information content (AvgIpc) is 3.16. The van der Waals surface area contributed by atoms with E-state index >= 15 is 0 Å². The first-order chi connectivity index (χ1) is 9.76. The standard InChI is InChI=1S/C15H10N2S3/c1-10-8-20-15(17-10)11(7-16)5-13-6-12(9-19-13)14-3-2-4-18-14/h2-6,8-9H,1H3/b11-5-. The molecule has 0 atom stereocenters. The third-order valence-electron chi connectivity index (χ3n) is 2.68. The van der Waals surface area contributed by atoms with Crippen LogP contribution in [0.25, 0.3) is 22.1 Å². The number of hydrogen-bond acceptors (Lipinski definition) is 5. The minimum atomic E-state index is 0.627. The maximum absolute atomic E-state index is 9.30. The zero-order valence-electron chi connectivity index (χ0n) is 10.7. The van der Waals surface area contributed by atoms with Crippen LogP contribution in [0.1, 0.15) is 15.6 Å². The summed E-state index contributed by atoms with van der Waals surface area (Å²) in [5, 5.41) is 16.2. The molecule has 98 valence electrons. The monoisotopic (exact) mass is 314 g/mol. The van der Waals surface area contributed by atoms with Crippen LogP contribution in [-0.4, -0.2) is 4.98 Å². The van der Waals surface area contributed by atoms with Gasteiger partial charge in [-0.25, -0.2) is 4.98 Å². The maximum atomic E-state index is 9.30. The van der Waals surface area contributed by atoms with Gasteiger partial charge in [-0.15, -0.1) is 34.0 Å². The predicted octanol–water partition coefficient (Wildman–Crippen LogP) is 5.31. The molecule has 0 N–H and O–H groups in total. The number of aromatic nitrogens is 1. The molecule has 3 heterocycles. The first-order valence-corrected chi connectivity index (χ1v) is 8.57. The molecular formula is C15H10N2S3. The number of nitriles is 1. The summed E-state index contributed by atoms with van der Waals surface area (Å²) in [6.45, 7) is 1.94. The maximum Gasteiger partial charge on any atom is 0.134 e. The highest BCUT2D eigenvalue weighted by Gasteiger charge is 2.07. The topological polar surface area (TPSA) is 36.7 Å². The van der Waals surface area contributed by atoms with E-state index in [0.29, 0.717) is 5.57 Å². The van der Waals surface area contributed by atoms with Gasteiger partial charge in [-0.2, -0.15) is 5.26 Å². The van der Waals surface area contributed by atoms with Crippen molar-refractivity contribution in [3.05, 3.63) is 49.9 Å². The van der Waals surface area contributed by atoms with Crippen molar-refractivity contribution in [1.29, 1.82) is 5.26 Å². The van der Waals surface area contributed by atoms with Crippen molar-refractivity contribution in [1.82, 2.24) is 4.98 Å². The summed E-state index contributed by atoms with van der Waals surface area (Å²) in [5.41, 5.74) is 2.79. The molecule has 0 fully saturated rings. The Hall–Kier alpha value is -1.74. The summed E-state index contributed by atoms with van der Waals surface area (Å²) in [4.78, 5) is 6.70. The zero-order chi connectivity index (χ0) is 13.9. The van der Waals surface area contributed by atoms with Crippen molar-refractivity contribution in [2.75, 3.05) is 0 Å². The van der Waals surface area contributed by atoms with Crippen molar-refractivity contribution in [2.24, 2.45) is 0 Å². The predicted molar refractivity (Wildman–Crippen MR) is 88.0 cm³/mol. The van der Waals surface area contributed by atoms with Gasteiger partial charge in [-0.3, -0.25) is 0 Å². The SMILES string of the molecule is Cc1csc(/C(C#N)=C\c2cc(-c3cccs3)cs2)n1. The summed E-state index contributed by atoms with van der Waals surface area (Å²) < 4.78 is 0. The summed E-state index contributed by atoms with van der Waals surface area (Å²) in [6.07, 6.45) is 1.92. The normalized spacial score (nSPS) is 11.5. The molecule has 2 nitrogen and oxygen atoms in total. The van der Waals surface area contributed by atoms with Crippen molar-refractivity contribution >= 4 is 45.7 Å². The van der Waals surface area contributed by atoms with Gasteiger partial charge in [0.05, 0.1) is 5.57 Å². The van der Waals surface area contributed by atoms with Crippen molar-refractivity contribution < 1.29 is 0 Å². The molecule has 5 heteroatoms. The second-order valence-corrected chi connectivity index (χ2v) is 6.93. The second-order valence-electron chi connectivity index (χ2n) is 4.18. The number of nitrogens with zero attached hydrogens (tertiary/aromatic N) is 2. The van der Waals surface area contributed by atoms with E-state index in [1.807, 2.05) is 24.4 Å². The van der Waals surface area contributed by atoms with E-state index < -0.39 is 0 Å². The number of aryl methyl sites for hydroxylation is 1. The van der Waals surface area contributed by atoms with E-state index in [9.17, 15) is 5.26 Å². The number of hydrogen-bond donors (Lipinski definition) is 0. The van der Waals surface area contributed by atoms with Gasteiger partial charge in [0.15, 0.2) is 0 Å². The van der Waals surface area contributed by atoms with E-state index in [-0.39, 0.29) is 0 Å². The lowest BCUT2D eigenvalue weighted by atomic mass is 10.2. The van der Waals surface area contributed by atoms with Crippen LogP contribution in [0.4, 0.5) is 0 Å². The molecule has 0 aliphatic heterocycles. The third-order valence-corrected chi connectivity index (χ3v) is 5.47. The molecule has 0 aromatic carbocycles. The number of thiazole rings is 1. The largest absolute Gasteiger partial charge is 0.241 e. The molecule has 3 aromatic rings. The van der Waals surface area contributed by atoms with Crippen LogP contribution in [0.5, 0.6) is 0 Å². The fourth-order valence-electron chi connectivity index (χ4n) is 1.76. The van der Waals surface area contributed by atoms with Crippen molar-refractivity contribution in [3.63, 3.8) is 0 Å². The number of thiophene rings is 2. The second kappa shape index (κ2) is 5.71. The highest BCUT2D eigenvalue weighted by atomic mass is 32.1. The van der Waals surface area contributed by atoms with Gasteiger partial charge in [-0.05, 0) is 35.9 Å². The number of rotatable bonds is 3. The zero-order valence-corrected chi connectivity index (χ0v) is 13.1. The molecule has 0 spiro atoms. The Labute approximate surface area is 129 Å². The van der Waals surface area contributed by atoms with Gasteiger partial charge in [0, 0.05) is 26.4 Å². The highest BCUT2D eigenvalue weighted by Crippen LogP contribution is 2.31. The van der Waals surface area contributed by atoms with Gasteiger partial charge in [-0.1, -0.05) is 6.07 Å². The Balaban J connectivity index is 1.93. The van der Waals surface area contributed by atoms with Crippen LogP contribution >= 0.6 is 34.0 Å². The van der Waals surface area contributed by atoms with Gasteiger partial charge >= 0.3 is 0 Å². The van der Waals surface area contributed by atoms with Gasteiger partial charge in [0.1, 0.15) is 11.1 Å². The van der Waals surface area contributed by atoms with E-state index in [1.165, 1.54) is 21.8 Å². The Morgan fingerprint density at radius 1 is 1.30 bits per heavy atom. The quantitative estimate of drug-likeness (QED) is 0.615. The van der Waals surface area contributed by atoms with Crippen LogP contribution in [0.2, 0.25) is 0 Å². The molecule has 20 heavy (non-hydrogen) atoms. The van der Waals surface area contributed by atoms with Crippen LogP contribution in [0.15, 0.2) is 34.3 Å². The van der Waals surface area contributed by atoms with Crippen molar-refractivity contribution in [3.8, 4) is 16.5 Å². The van der Waals surface area contributed by atoms with Crippen LogP contribution in [0.3, 0.4) is 0 Å². The van der Waals surface area contributed by atoms with Crippen LogP contribution < -0.4 is 0 Å². The molecule has 0 amide bonds. The van der Waals surface area contributed by atoms with Crippen LogP contribution in [0, 0.1) is 18.3 Å². The minimum Gasteiger partial charge on any atom is -0.241 e. The average molecular weight is 314 g/mol. The minimum absolute atomic E-state index is 0.627. The van der Waals surface area contributed by atoms with E-state index in [0.717, 1.165) is 15.6 Å². The first-order valence-electron chi connectivity index (χ1n) is 5.93. The molecule has 0 bridgehead atoms. The lowest BCUT2D eigenvalue weighted by molar-refractivity contribution is 1.25. The third kappa shape index (κ3) is 2.73. The molecule has 0 radical (unpaired) electrons. The van der Waals surface area contributed by atoms with Gasteiger partial charge in [0.2, 0.25) is 0 Å². The van der Waals surface area contributed by atoms with Gasteiger partial charge < -0.3 is 0 Å². The lowest BCUT2D eigenvalue weighted by Gasteiger charge is -1.91. The highest BCUT2D eigenvalue weighted by molar-refractivity contribution is 7.15. The Kier molecular flexibility index (Phi) is 3.79. The van der Waals surface area contributed by atoms with E-state index in [4.69, 9.17) is 0 Å². The summed E-state index contributed by atoms with van der Waals surface area (Å²) in [6, 6.07) is 8.52. The molecule has 0 saturated heterocycles. The number of allylic oxidation sites excluding steroid dienone is 1. The van der Waals surface area contributed by atoms with Crippen LogP contribution in [-0.2, 0) is 0 Å². The fourth-order valence-corrected chi connectivity index (χ4v) is 4.15. The Morgan fingerprint density at radius 2 is 2.20 bits per heavy atom. The summed E-state index contributed by atoms with van der Waals surface area (Å²) >= 11 is 4.88. The molecule has 3 aromatic heterocycles. The van der Waals surface area contributed by atoms with E-state index in [2.05, 4.69) is 33.9 Å². The lowest BCUT2D eigenvalue weighted by Crippen LogP contribution is -1.79. The smallest absolute Gasteiger partial charge is 0.134 e. The summed E-state index contributed by atoms with van der Waals surface area (Å²) in [5.74, 6) is 0. The van der Waals surface area contributed by atoms with E-state index in [1.54, 1.807) is 22.7 Å².